The summed E-state index contributed by atoms with van der Waals surface area (Å²) < 4.78 is 76.7. The van der Waals surface area contributed by atoms with Crippen LogP contribution in [0.3, 0.4) is 0 Å². The fourth-order valence-electron chi connectivity index (χ4n) is 3.88. The molecule has 0 bridgehead atoms. The smallest absolute Gasteiger partial charge is 0.485 e. The van der Waals surface area contributed by atoms with Crippen molar-refractivity contribution < 1.29 is 60.4 Å². The average Bonchev–Trinajstić information content (AvgIpc) is 3.26. The lowest BCUT2D eigenvalue weighted by molar-refractivity contribution is -0.192. The van der Waals surface area contributed by atoms with Gasteiger partial charge >= 0.3 is 24.3 Å². The van der Waals surface area contributed by atoms with Crippen molar-refractivity contribution in [1.82, 2.24) is 14.7 Å². The lowest BCUT2D eigenvalue weighted by Crippen LogP contribution is -2.35. The van der Waals surface area contributed by atoms with E-state index in [1.807, 2.05) is 0 Å². The Bertz CT molecular complexity index is 1580. The predicted octanol–water partition coefficient (Wildman–Crippen LogP) is 5.15. The molecule has 0 aliphatic rings. The number of aryl methyl sites for hydroxylation is 2. The van der Waals surface area contributed by atoms with Gasteiger partial charge in [0.1, 0.15) is 35.6 Å². The zero-order valence-corrected chi connectivity index (χ0v) is 26.2. The molecular formula is C30H35F5N4O8. The second-order valence-corrected chi connectivity index (χ2v) is 11.2. The van der Waals surface area contributed by atoms with Gasteiger partial charge in [-0.3, -0.25) is 9.20 Å². The molecule has 0 fully saturated rings. The minimum Gasteiger partial charge on any atom is -0.485 e. The Balaban J connectivity index is 0.000000984. The van der Waals surface area contributed by atoms with Gasteiger partial charge in [0.15, 0.2) is 11.4 Å². The van der Waals surface area contributed by atoms with Crippen molar-refractivity contribution in [2.75, 3.05) is 6.54 Å². The van der Waals surface area contributed by atoms with Crippen LogP contribution in [0.4, 0.5) is 26.7 Å². The number of hydrogen-bond donors (Lipinski definition) is 3. The number of benzene rings is 1. The van der Waals surface area contributed by atoms with Crippen molar-refractivity contribution in [2.24, 2.45) is 5.73 Å². The fraction of sp³-hybridized carbons (Fsp3) is 0.433. The number of nitrogens with zero attached hydrogens (tertiary/aromatic N) is 2. The highest BCUT2D eigenvalue weighted by Gasteiger charge is 2.38. The average molecular weight is 675 g/mol. The second-order valence-electron chi connectivity index (χ2n) is 11.2. The molecule has 12 nitrogen and oxygen atoms in total. The van der Waals surface area contributed by atoms with Crippen molar-refractivity contribution in [3.05, 3.63) is 64.6 Å². The Morgan fingerprint density at radius 3 is 2.21 bits per heavy atom. The van der Waals surface area contributed by atoms with Gasteiger partial charge in [-0.2, -0.15) is 13.2 Å². The van der Waals surface area contributed by atoms with Crippen LogP contribution in [0.5, 0.6) is 5.75 Å². The van der Waals surface area contributed by atoms with E-state index in [1.54, 1.807) is 51.3 Å². The highest BCUT2D eigenvalue weighted by atomic mass is 19.4. The highest BCUT2D eigenvalue weighted by Crippen LogP contribution is 2.26. The van der Waals surface area contributed by atoms with Gasteiger partial charge in [0.2, 0.25) is 0 Å². The molecule has 4 N–H and O–H groups in total. The number of aromatic nitrogens is 2. The molecule has 3 rings (SSSR count). The molecule has 3 aromatic rings. The topological polar surface area (TPSA) is 172 Å². The summed E-state index contributed by atoms with van der Waals surface area (Å²) in [6, 6.07) is 4.25. The van der Waals surface area contributed by atoms with Gasteiger partial charge in [0.25, 0.3) is 5.91 Å². The molecule has 1 amide bonds. The maximum atomic E-state index is 14.0. The number of alkyl halides is 3. The van der Waals surface area contributed by atoms with Crippen molar-refractivity contribution in [3.63, 3.8) is 0 Å². The largest absolute Gasteiger partial charge is 0.516 e. The first kappa shape index (κ1) is 38.4. The minimum absolute atomic E-state index is 0.207. The van der Waals surface area contributed by atoms with Crippen LogP contribution in [0.25, 0.3) is 5.65 Å². The number of carboxylic acids is 1. The Hall–Kier alpha value is -4.80. The van der Waals surface area contributed by atoms with E-state index < -0.39 is 47.5 Å². The third-order valence-electron chi connectivity index (χ3n) is 5.99. The van der Waals surface area contributed by atoms with Crippen molar-refractivity contribution in [3.8, 4) is 5.75 Å². The van der Waals surface area contributed by atoms with Crippen molar-refractivity contribution in [1.29, 1.82) is 0 Å². The number of ether oxygens (including phenoxy) is 3. The van der Waals surface area contributed by atoms with Crippen LogP contribution in [0, 0.1) is 25.5 Å². The molecule has 2 aromatic heterocycles. The third kappa shape index (κ3) is 11.8. The van der Waals surface area contributed by atoms with Gasteiger partial charge < -0.3 is 30.4 Å². The van der Waals surface area contributed by atoms with Gasteiger partial charge in [-0.25, -0.2) is 28.1 Å². The summed E-state index contributed by atoms with van der Waals surface area (Å²) in [5.74, 6) is -5.18. The van der Waals surface area contributed by atoms with Crippen LogP contribution in [-0.2, 0) is 25.7 Å². The molecule has 0 radical (unpaired) electrons. The van der Waals surface area contributed by atoms with E-state index in [9.17, 15) is 36.3 Å². The molecule has 0 saturated carbocycles. The SMILES string of the molecule is Cc1cc(OCc2c(F)cccc2F)c2nc(C)c(C(=O)NCCCC[C@H](N)C(=O)OC(=O)OC(C)(C)C)n2c1.O=C(O)C(F)(F)F. The van der Waals surface area contributed by atoms with Crippen LogP contribution in [0.15, 0.2) is 30.5 Å². The summed E-state index contributed by atoms with van der Waals surface area (Å²) in [4.78, 5) is 49.9. The standard InChI is InChI=1S/C28H34F2N4O6.C2HF3O2/c1-16-13-22(38-15-18-19(29)9-8-10-20(18)30)24-33-17(2)23(34(24)14-16)25(35)32-12-7-6-11-21(31)26(36)39-27(37)40-28(3,4)5;3-2(4,5)1(6)7/h8-10,13-14,21H,6-7,11-12,15,31H2,1-5H3,(H,32,35);(H,6,7)/t21-;/m0./s1. The molecular weight excluding hydrogens is 639 g/mol. The number of carbonyl (C=O) groups is 4. The van der Waals surface area contributed by atoms with Crippen molar-refractivity contribution >= 4 is 29.6 Å². The molecule has 47 heavy (non-hydrogen) atoms. The molecule has 0 aliphatic carbocycles. The number of aliphatic carboxylic acids is 1. The number of unbranched alkanes of at least 4 members (excludes halogenated alkanes) is 1. The Labute approximate surface area is 266 Å². The molecule has 1 aromatic carbocycles. The molecule has 0 spiro atoms. The highest BCUT2D eigenvalue weighted by molar-refractivity contribution is 5.95. The molecule has 17 heteroatoms. The number of esters is 1. The summed E-state index contributed by atoms with van der Waals surface area (Å²) in [6.45, 7) is 8.35. The Morgan fingerprint density at radius 2 is 1.66 bits per heavy atom. The van der Waals surface area contributed by atoms with Crippen molar-refractivity contribution in [2.45, 2.75) is 78.3 Å². The lowest BCUT2D eigenvalue weighted by atomic mass is 10.1. The zero-order valence-electron chi connectivity index (χ0n) is 26.2. The van der Waals surface area contributed by atoms with E-state index in [-0.39, 0.29) is 30.2 Å². The summed E-state index contributed by atoms with van der Waals surface area (Å²) in [6.07, 6.45) is -3.23. The number of halogens is 5. The zero-order chi connectivity index (χ0) is 35.7. The van der Waals surface area contributed by atoms with Gasteiger partial charge in [0.05, 0.1) is 11.3 Å². The van der Waals surface area contributed by atoms with Gasteiger partial charge in [-0.15, -0.1) is 0 Å². The number of carbonyl (C=O) groups excluding carboxylic acids is 3. The first-order valence-corrected chi connectivity index (χ1v) is 14.0. The number of carboxylic acid groups (broad SMARTS) is 1. The summed E-state index contributed by atoms with van der Waals surface area (Å²) in [5.41, 5.74) is 6.61. The number of rotatable bonds is 10. The van der Waals surface area contributed by atoms with E-state index in [4.69, 9.17) is 25.1 Å². The summed E-state index contributed by atoms with van der Waals surface area (Å²) in [7, 11) is 0. The summed E-state index contributed by atoms with van der Waals surface area (Å²) in [5, 5.41) is 9.94. The number of fused-ring (bicyclic) bond motifs is 1. The van der Waals surface area contributed by atoms with E-state index in [2.05, 4.69) is 15.0 Å². The number of amides is 1. The molecule has 2 heterocycles. The molecule has 0 saturated heterocycles. The fourth-order valence-corrected chi connectivity index (χ4v) is 3.88. The molecule has 1 atom stereocenters. The number of hydrogen-bond acceptors (Lipinski definition) is 9. The third-order valence-corrected chi connectivity index (χ3v) is 5.99. The quantitative estimate of drug-likeness (QED) is 0.113. The van der Waals surface area contributed by atoms with Crippen LogP contribution < -0.4 is 15.8 Å². The van der Waals surface area contributed by atoms with Crippen LogP contribution in [0.2, 0.25) is 0 Å². The predicted molar refractivity (Wildman–Crippen MR) is 156 cm³/mol. The first-order valence-electron chi connectivity index (χ1n) is 14.0. The van der Waals surface area contributed by atoms with Crippen LogP contribution in [-0.4, -0.2) is 62.9 Å². The van der Waals surface area contributed by atoms with Gasteiger partial charge in [-0.05, 0) is 77.6 Å². The minimum atomic E-state index is -5.08. The lowest BCUT2D eigenvalue weighted by Gasteiger charge is -2.19. The first-order chi connectivity index (χ1) is 21.7. The number of nitrogens with one attached hydrogen (secondary N) is 1. The van der Waals surface area contributed by atoms with E-state index in [1.165, 1.54) is 6.07 Å². The number of imidazole rings is 1. The summed E-state index contributed by atoms with van der Waals surface area (Å²) >= 11 is 0. The van der Waals surface area contributed by atoms with Crippen LogP contribution in [0.1, 0.15) is 67.3 Å². The van der Waals surface area contributed by atoms with E-state index in [0.29, 0.717) is 36.4 Å². The molecule has 258 valence electrons. The normalized spacial score (nSPS) is 12.1. The van der Waals surface area contributed by atoms with Crippen LogP contribution >= 0.6 is 0 Å². The van der Waals surface area contributed by atoms with Gasteiger partial charge in [0, 0.05) is 12.7 Å². The Kier molecular flexibility index (Phi) is 13.2. The van der Waals surface area contributed by atoms with E-state index >= 15 is 0 Å². The monoisotopic (exact) mass is 674 g/mol. The number of pyridine rings is 1. The van der Waals surface area contributed by atoms with Gasteiger partial charge in [-0.1, -0.05) is 6.07 Å². The van der Waals surface area contributed by atoms with E-state index in [0.717, 1.165) is 17.7 Å². The molecule has 0 unspecified atom stereocenters. The molecule has 0 aliphatic heterocycles. The second kappa shape index (κ2) is 16.2. The number of nitrogens with two attached hydrogens (primary N) is 1. The maximum absolute atomic E-state index is 14.0. The maximum Gasteiger partial charge on any atom is 0.516 e. The Morgan fingerprint density at radius 1 is 1.06 bits per heavy atom.